The Kier molecular flexibility index (Phi) is 5.66. The molecule has 2 rings (SSSR count). The van der Waals surface area contributed by atoms with Crippen molar-refractivity contribution in [3.8, 4) is 17.2 Å². The summed E-state index contributed by atoms with van der Waals surface area (Å²) >= 11 is 8.15. The molecular formula is C14H12Br2O4S. The van der Waals surface area contributed by atoms with Crippen LogP contribution in [-0.2, 0) is 0 Å². The van der Waals surface area contributed by atoms with Crippen LogP contribution in [0.15, 0.2) is 31.8 Å². The maximum absolute atomic E-state index is 12.2. The highest BCUT2D eigenvalue weighted by Gasteiger charge is 2.17. The molecule has 0 aliphatic rings. The summed E-state index contributed by atoms with van der Waals surface area (Å²) in [4.78, 5) is 12.2. The molecule has 0 spiro atoms. The number of halogens is 2. The number of methoxy groups -OCH3 is 2. The fourth-order valence-electron chi connectivity index (χ4n) is 1.71. The molecule has 4 nitrogen and oxygen atoms in total. The fourth-order valence-corrected chi connectivity index (χ4v) is 4.56. The standard InChI is InChI=1S/C14H12Br2O4S/c1-18-10-4-3-5-11(19-2)13(10)20-7-9(17)8-6-12(15)21-14(8)16/h3-6H,7H2,1-2H3. The number of ether oxygens (including phenoxy) is 3. The van der Waals surface area contributed by atoms with Crippen LogP contribution < -0.4 is 14.2 Å². The lowest BCUT2D eigenvalue weighted by atomic mass is 10.2. The molecule has 0 fully saturated rings. The molecule has 7 heteroatoms. The lowest BCUT2D eigenvalue weighted by molar-refractivity contribution is 0.0917. The molecule has 0 bridgehead atoms. The molecule has 0 aliphatic heterocycles. The van der Waals surface area contributed by atoms with E-state index in [0.717, 1.165) is 7.57 Å². The maximum atomic E-state index is 12.2. The number of hydrogen-bond acceptors (Lipinski definition) is 5. The molecule has 0 N–H and O–H groups in total. The van der Waals surface area contributed by atoms with Gasteiger partial charge in [0.25, 0.3) is 0 Å². The first-order valence-corrected chi connectivity index (χ1v) is 8.29. The van der Waals surface area contributed by atoms with Gasteiger partial charge in [0.1, 0.15) is 0 Å². The van der Waals surface area contributed by atoms with Gasteiger partial charge in [-0.1, -0.05) is 6.07 Å². The monoisotopic (exact) mass is 434 g/mol. The number of rotatable bonds is 6. The Bertz CT molecular complexity index is 632. The Hall–Kier alpha value is -1.05. The van der Waals surface area contributed by atoms with E-state index in [-0.39, 0.29) is 12.4 Å². The van der Waals surface area contributed by atoms with Crippen molar-refractivity contribution in [3.05, 3.63) is 37.4 Å². The zero-order valence-corrected chi connectivity index (χ0v) is 15.3. The van der Waals surface area contributed by atoms with Crippen LogP contribution in [0.5, 0.6) is 17.2 Å². The summed E-state index contributed by atoms with van der Waals surface area (Å²) < 4.78 is 17.7. The summed E-state index contributed by atoms with van der Waals surface area (Å²) in [5, 5.41) is 0. The molecule has 0 saturated heterocycles. The van der Waals surface area contributed by atoms with Gasteiger partial charge in [-0.2, -0.15) is 0 Å². The summed E-state index contributed by atoms with van der Waals surface area (Å²) in [6, 6.07) is 7.05. The number of Topliss-reactive ketones (excluding diaryl/α,β-unsaturated/α-hetero) is 1. The van der Waals surface area contributed by atoms with Crippen LogP contribution in [0.4, 0.5) is 0 Å². The number of ketones is 1. The van der Waals surface area contributed by atoms with Crippen molar-refractivity contribution >= 4 is 49.0 Å². The summed E-state index contributed by atoms with van der Waals surface area (Å²) in [6.07, 6.45) is 0. The van der Waals surface area contributed by atoms with E-state index < -0.39 is 0 Å². The molecule has 1 aromatic heterocycles. The minimum Gasteiger partial charge on any atom is -0.493 e. The van der Waals surface area contributed by atoms with Crippen LogP contribution in [0.1, 0.15) is 10.4 Å². The smallest absolute Gasteiger partial charge is 0.203 e. The summed E-state index contributed by atoms with van der Waals surface area (Å²) in [6.45, 7) is -0.0987. The van der Waals surface area contributed by atoms with Crippen molar-refractivity contribution in [1.82, 2.24) is 0 Å². The van der Waals surface area contributed by atoms with Gasteiger partial charge in [0.2, 0.25) is 11.5 Å². The molecule has 112 valence electrons. The van der Waals surface area contributed by atoms with Crippen molar-refractivity contribution in [1.29, 1.82) is 0 Å². The maximum Gasteiger partial charge on any atom is 0.203 e. The Morgan fingerprint density at radius 2 is 1.81 bits per heavy atom. The van der Waals surface area contributed by atoms with Crippen LogP contribution in [0.2, 0.25) is 0 Å². The second kappa shape index (κ2) is 7.29. The molecular weight excluding hydrogens is 424 g/mol. The van der Waals surface area contributed by atoms with Crippen molar-refractivity contribution in [3.63, 3.8) is 0 Å². The summed E-state index contributed by atoms with van der Waals surface area (Å²) in [5.74, 6) is 1.33. The molecule has 2 aromatic rings. The first-order chi connectivity index (χ1) is 10.1. The molecule has 0 amide bonds. The molecule has 21 heavy (non-hydrogen) atoms. The fraction of sp³-hybridized carbons (Fsp3) is 0.214. The Morgan fingerprint density at radius 1 is 1.19 bits per heavy atom. The SMILES string of the molecule is COc1cccc(OC)c1OCC(=O)c1cc(Br)sc1Br. The van der Waals surface area contributed by atoms with Gasteiger partial charge in [-0.25, -0.2) is 0 Å². The second-order valence-electron chi connectivity index (χ2n) is 3.94. The van der Waals surface area contributed by atoms with Crippen molar-refractivity contribution in [2.75, 3.05) is 20.8 Å². The van der Waals surface area contributed by atoms with Gasteiger partial charge in [-0.05, 0) is 50.1 Å². The van der Waals surface area contributed by atoms with Gasteiger partial charge >= 0.3 is 0 Å². The van der Waals surface area contributed by atoms with Gasteiger partial charge in [-0.3, -0.25) is 4.79 Å². The van der Waals surface area contributed by atoms with Crippen LogP contribution >= 0.6 is 43.2 Å². The third-order valence-corrected chi connectivity index (χ3v) is 5.03. The zero-order chi connectivity index (χ0) is 15.4. The predicted molar refractivity (Wildman–Crippen MR) is 89.1 cm³/mol. The topological polar surface area (TPSA) is 44.8 Å². The first-order valence-electron chi connectivity index (χ1n) is 5.88. The average molecular weight is 436 g/mol. The van der Waals surface area contributed by atoms with Gasteiger partial charge in [-0.15, -0.1) is 11.3 Å². The quantitative estimate of drug-likeness (QED) is 0.624. The number of carbonyl (C=O) groups is 1. The highest BCUT2D eigenvalue weighted by Crippen LogP contribution is 2.37. The number of carbonyl (C=O) groups excluding carboxylic acids is 1. The Balaban J connectivity index is 2.16. The van der Waals surface area contributed by atoms with Crippen LogP contribution in [-0.4, -0.2) is 26.6 Å². The predicted octanol–water partition coefficient (Wildman–Crippen LogP) is 4.55. The summed E-state index contributed by atoms with van der Waals surface area (Å²) in [7, 11) is 3.08. The normalized spacial score (nSPS) is 10.3. The third kappa shape index (κ3) is 3.78. The van der Waals surface area contributed by atoms with E-state index in [1.54, 1.807) is 24.3 Å². The van der Waals surface area contributed by atoms with Crippen molar-refractivity contribution in [2.24, 2.45) is 0 Å². The van der Waals surface area contributed by atoms with E-state index in [1.807, 2.05) is 0 Å². The second-order valence-corrected chi connectivity index (χ2v) is 7.69. The average Bonchev–Trinajstić information content (AvgIpc) is 2.83. The number of para-hydroxylation sites is 1. The van der Waals surface area contributed by atoms with E-state index in [9.17, 15) is 4.79 Å². The molecule has 1 aromatic carbocycles. The van der Waals surface area contributed by atoms with Gasteiger partial charge in [0.15, 0.2) is 18.1 Å². The van der Waals surface area contributed by atoms with Gasteiger partial charge in [0, 0.05) is 5.56 Å². The Labute approximate surface area is 143 Å². The van der Waals surface area contributed by atoms with Crippen molar-refractivity contribution < 1.29 is 19.0 Å². The van der Waals surface area contributed by atoms with Gasteiger partial charge < -0.3 is 14.2 Å². The van der Waals surface area contributed by atoms with E-state index in [1.165, 1.54) is 25.6 Å². The zero-order valence-electron chi connectivity index (χ0n) is 11.3. The summed E-state index contributed by atoms with van der Waals surface area (Å²) in [5.41, 5.74) is 0.584. The number of thiophene rings is 1. The molecule has 0 saturated carbocycles. The molecule has 0 aliphatic carbocycles. The van der Waals surface area contributed by atoms with E-state index in [2.05, 4.69) is 31.9 Å². The van der Waals surface area contributed by atoms with Crippen LogP contribution in [0.25, 0.3) is 0 Å². The minimum absolute atomic E-state index is 0.0987. The molecule has 0 radical (unpaired) electrons. The van der Waals surface area contributed by atoms with Crippen LogP contribution in [0, 0.1) is 0 Å². The Morgan fingerprint density at radius 3 is 2.29 bits per heavy atom. The molecule has 1 heterocycles. The largest absolute Gasteiger partial charge is 0.493 e. The lowest BCUT2D eigenvalue weighted by Crippen LogP contribution is -2.12. The lowest BCUT2D eigenvalue weighted by Gasteiger charge is -2.13. The van der Waals surface area contributed by atoms with E-state index in [0.29, 0.717) is 22.8 Å². The highest BCUT2D eigenvalue weighted by molar-refractivity contribution is 9.12. The third-order valence-electron chi connectivity index (χ3n) is 2.69. The van der Waals surface area contributed by atoms with Crippen LogP contribution in [0.3, 0.4) is 0 Å². The minimum atomic E-state index is -0.128. The van der Waals surface area contributed by atoms with E-state index >= 15 is 0 Å². The highest BCUT2D eigenvalue weighted by atomic mass is 79.9. The number of hydrogen-bond donors (Lipinski definition) is 0. The molecule has 0 unspecified atom stereocenters. The van der Waals surface area contributed by atoms with Gasteiger partial charge in [0.05, 0.1) is 21.8 Å². The van der Waals surface area contributed by atoms with Crippen molar-refractivity contribution in [2.45, 2.75) is 0 Å². The molecule has 0 atom stereocenters. The van der Waals surface area contributed by atoms with E-state index in [4.69, 9.17) is 14.2 Å². The number of benzene rings is 1. The first kappa shape index (κ1) is 16.3.